The van der Waals surface area contributed by atoms with Crippen LogP contribution in [0.3, 0.4) is 0 Å². The molecule has 1 heterocycles. The van der Waals surface area contributed by atoms with E-state index in [4.69, 9.17) is 0 Å². The van der Waals surface area contributed by atoms with Crippen LogP contribution >= 0.6 is 27.7 Å². The van der Waals surface area contributed by atoms with E-state index in [1.54, 1.807) is 31.9 Å². The third-order valence-electron chi connectivity index (χ3n) is 2.06. The Kier molecular flexibility index (Phi) is 5.48. The molecule has 0 aliphatic heterocycles. The summed E-state index contributed by atoms with van der Waals surface area (Å²) in [5.74, 6) is 1.88. The van der Waals surface area contributed by atoms with Crippen LogP contribution < -0.4 is 10.6 Å². The molecule has 0 bridgehead atoms. The number of nitrogens with zero attached hydrogens (tertiary/aromatic N) is 2. The molecule has 1 aromatic heterocycles. The summed E-state index contributed by atoms with van der Waals surface area (Å²) in [6.07, 6.45) is 3.64. The lowest BCUT2D eigenvalue weighted by Gasteiger charge is -2.23. The monoisotopic (exact) mass is 320 g/mol. The van der Waals surface area contributed by atoms with Gasteiger partial charge in [0.15, 0.2) is 0 Å². The lowest BCUT2D eigenvalue weighted by atomic mass is 10.1. The van der Waals surface area contributed by atoms with E-state index < -0.39 is 5.60 Å². The van der Waals surface area contributed by atoms with Gasteiger partial charge in [0.05, 0.1) is 10.1 Å². The van der Waals surface area contributed by atoms with Crippen LogP contribution in [-0.2, 0) is 0 Å². The number of hydrogen-bond acceptors (Lipinski definition) is 6. The highest BCUT2D eigenvalue weighted by molar-refractivity contribution is 9.10. The van der Waals surface area contributed by atoms with Gasteiger partial charge in [-0.05, 0) is 29.1 Å². The molecule has 0 aromatic carbocycles. The zero-order valence-electron chi connectivity index (χ0n) is 10.1. The average Bonchev–Trinajstić information content (AvgIpc) is 2.28. The highest BCUT2D eigenvalue weighted by atomic mass is 79.9. The fourth-order valence-electron chi connectivity index (χ4n) is 1.25. The summed E-state index contributed by atoms with van der Waals surface area (Å²) in [6.45, 7) is 2.23. The lowest BCUT2D eigenvalue weighted by molar-refractivity contribution is 0.0996. The molecule has 0 fully saturated rings. The second-order valence-corrected chi connectivity index (χ2v) is 5.64. The maximum absolute atomic E-state index is 10.0. The van der Waals surface area contributed by atoms with Gasteiger partial charge in [0, 0.05) is 25.5 Å². The minimum absolute atomic E-state index is 0.437. The van der Waals surface area contributed by atoms with Crippen molar-refractivity contribution in [2.45, 2.75) is 12.5 Å². The van der Waals surface area contributed by atoms with Crippen LogP contribution in [-0.4, -0.2) is 46.3 Å². The SMILES string of the molecule is CNc1ncc(Br)c(NCC(C)(O)CSC)n1. The van der Waals surface area contributed by atoms with Gasteiger partial charge in [-0.2, -0.15) is 16.7 Å². The third-order valence-corrected chi connectivity index (χ3v) is 3.55. The van der Waals surface area contributed by atoms with Gasteiger partial charge in [-0.25, -0.2) is 4.98 Å². The molecular weight excluding hydrogens is 304 g/mol. The number of nitrogens with one attached hydrogen (secondary N) is 2. The fraction of sp³-hybridized carbons (Fsp3) is 0.600. The number of aromatic nitrogens is 2. The summed E-state index contributed by atoms with van der Waals surface area (Å²) in [6, 6.07) is 0. The molecule has 17 heavy (non-hydrogen) atoms. The second-order valence-electron chi connectivity index (χ2n) is 3.92. The molecule has 7 heteroatoms. The highest BCUT2D eigenvalue weighted by Gasteiger charge is 2.20. The maximum Gasteiger partial charge on any atom is 0.224 e. The first-order valence-electron chi connectivity index (χ1n) is 5.14. The van der Waals surface area contributed by atoms with Crippen molar-refractivity contribution in [1.82, 2.24) is 9.97 Å². The zero-order chi connectivity index (χ0) is 12.9. The van der Waals surface area contributed by atoms with E-state index in [0.717, 1.165) is 4.47 Å². The summed E-state index contributed by atoms with van der Waals surface area (Å²) in [5, 5.41) is 16.0. The molecule has 1 unspecified atom stereocenters. The van der Waals surface area contributed by atoms with E-state index in [2.05, 4.69) is 36.5 Å². The molecule has 5 nitrogen and oxygen atoms in total. The van der Waals surface area contributed by atoms with Gasteiger partial charge in [-0.15, -0.1) is 0 Å². The van der Waals surface area contributed by atoms with Crippen LogP contribution in [0, 0.1) is 0 Å². The molecule has 0 saturated heterocycles. The van der Waals surface area contributed by atoms with Gasteiger partial charge < -0.3 is 15.7 Å². The van der Waals surface area contributed by atoms with Gasteiger partial charge in [0.25, 0.3) is 0 Å². The first kappa shape index (κ1) is 14.5. The summed E-state index contributed by atoms with van der Waals surface area (Å²) in [5.41, 5.74) is -0.760. The normalized spacial score (nSPS) is 14.2. The largest absolute Gasteiger partial charge is 0.387 e. The molecule has 0 spiro atoms. The number of anilines is 2. The van der Waals surface area contributed by atoms with Crippen molar-refractivity contribution in [2.24, 2.45) is 0 Å². The molecule has 1 aromatic rings. The van der Waals surface area contributed by atoms with Crippen molar-refractivity contribution in [3.63, 3.8) is 0 Å². The summed E-state index contributed by atoms with van der Waals surface area (Å²) < 4.78 is 0.774. The second kappa shape index (κ2) is 6.42. The Hall–Kier alpha value is -0.530. The van der Waals surface area contributed by atoms with Crippen LogP contribution in [0.15, 0.2) is 10.7 Å². The van der Waals surface area contributed by atoms with E-state index in [0.29, 0.717) is 24.1 Å². The van der Waals surface area contributed by atoms with Gasteiger partial charge >= 0.3 is 0 Å². The molecule has 1 rings (SSSR count). The molecule has 0 aliphatic rings. The van der Waals surface area contributed by atoms with Crippen LogP contribution in [0.2, 0.25) is 0 Å². The Balaban J connectivity index is 2.68. The lowest BCUT2D eigenvalue weighted by Crippen LogP contribution is -2.36. The number of rotatable bonds is 6. The van der Waals surface area contributed by atoms with E-state index in [9.17, 15) is 5.11 Å². The predicted octanol–water partition coefficient (Wildman–Crippen LogP) is 1.81. The molecule has 0 radical (unpaired) electrons. The average molecular weight is 321 g/mol. The van der Waals surface area contributed by atoms with E-state index in [1.807, 2.05) is 6.26 Å². The molecule has 0 amide bonds. The van der Waals surface area contributed by atoms with Gasteiger partial charge in [0.2, 0.25) is 5.95 Å². The van der Waals surface area contributed by atoms with Gasteiger partial charge in [0.1, 0.15) is 5.82 Å². The molecule has 3 N–H and O–H groups in total. The van der Waals surface area contributed by atoms with Crippen LogP contribution in [0.25, 0.3) is 0 Å². The van der Waals surface area contributed by atoms with Crippen molar-refractivity contribution >= 4 is 39.5 Å². The van der Waals surface area contributed by atoms with E-state index in [1.165, 1.54) is 0 Å². The van der Waals surface area contributed by atoms with Crippen LogP contribution in [0.4, 0.5) is 11.8 Å². The fourth-order valence-corrected chi connectivity index (χ4v) is 2.30. The molecule has 0 saturated carbocycles. The van der Waals surface area contributed by atoms with E-state index >= 15 is 0 Å². The molecular formula is C10H17BrN4OS. The topological polar surface area (TPSA) is 70.1 Å². The molecule has 1 atom stereocenters. The number of thioether (sulfide) groups is 1. The molecule has 0 aliphatic carbocycles. The van der Waals surface area contributed by atoms with Gasteiger partial charge in [-0.1, -0.05) is 0 Å². The van der Waals surface area contributed by atoms with E-state index in [-0.39, 0.29) is 0 Å². The third kappa shape index (κ3) is 4.69. The predicted molar refractivity (Wildman–Crippen MR) is 76.8 cm³/mol. The smallest absolute Gasteiger partial charge is 0.224 e. The van der Waals surface area contributed by atoms with Gasteiger partial charge in [-0.3, -0.25) is 0 Å². The number of aliphatic hydroxyl groups is 1. The Bertz CT molecular complexity index is 375. The number of halogens is 1. The first-order chi connectivity index (χ1) is 7.98. The van der Waals surface area contributed by atoms with Crippen molar-refractivity contribution < 1.29 is 5.11 Å². The zero-order valence-corrected chi connectivity index (χ0v) is 12.5. The summed E-state index contributed by atoms with van der Waals surface area (Å²) in [4.78, 5) is 8.32. The summed E-state index contributed by atoms with van der Waals surface area (Å²) >= 11 is 4.97. The Labute approximate surface area is 114 Å². The first-order valence-corrected chi connectivity index (χ1v) is 7.32. The van der Waals surface area contributed by atoms with Crippen molar-refractivity contribution in [2.75, 3.05) is 36.2 Å². The van der Waals surface area contributed by atoms with Crippen molar-refractivity contribution in [1.29, 1.82) is 0 Å². The standard InChI is InChI=1S/C10H17BrN4OS/c1-10(16,6-17-3)5-14-8-7(11)4-13-9(12-2)15-8/h4,16H,5-6H2,1-3H3,(H2,12,13,14,15). The maximum atomic E-state index is 10.0. The summed E-state index contributed by atoms with van der Waals surface area (Å²) in [7, 11) is 1.76. The quantitative estimate of drug-likeness (QED) is 0.742. The van der Waals surface area contributed by atoms with Crippen LogP contribution in [0.1, 0.15) is 6.92 Å². The Morgan fingerprint density at radius 1 is 1.59 bits per heavy atom. The highest BCUT2D eigenvalue weighted by Crippen LogP contribution is 2.21. The minimum Gasteiger partial charge on any atom is -0.387 e. The van der Waals surface area contributed by atoms with Crippen molar-refractivity contribution in [3.8, 4) is 0 Å². The Morgan fingerprint density at radius 3 is 2.88 bits per heavy atom. The Morgan fingerprint density at radius 2 is 2.29 bits per heavy atom. The number of hydrogen-bond donors (Lipinski definition) is 3. The minimum atomic E-state index is -0.760. The van der Waals surface area contributed by atoms with Crippen LogP contribution in [0.5, 0.6) is 0 Å². The van der Waals surface area contributed by atoms with Crippen molar-refractivity contribution in [3.05, 3.63) is 10.7 Å². The molecule has 96 valence electrons.